The van der Waals surface area contributed by atoms with Gasteiger partial charge in [-0.05, 0) is 112 Å². The number of alkyl halides is 3. The minimum absolute atomic E-state index is 0.0449. The quantitative estimate of drug-likeness (QED) is 0.0201. The summed E-state index contributed by atoms with van der Waals surface area (Å²) >= 11 is 16.8. The third kappa shape index (κ3) is 23.2. The molecular weight excluding hydrogens is 1190 g/mol. The van der Waals surface area contributed by atoms with Crippen molar-refractivity contribution in [1.29, 1.82) is 5.41 Å². The van der Waals surface area contributed by atoms with E-state index in [-0.39, 0.29) is 112 Å². The summed E-state index contributed by atoms with van der Waals surface area (Å²) < 4.78 is 88.7. The summed E-state index contributed by atoms with van der Waals surface area (Å²) in [5, 5.41) is 37.3. The lowest BCUT2D eigenvalue weighted by Gasteiger charge is -2.50. The molecule has 0 radical (unpaired) electrons. The lowest BCUT2D eigenvalue weighted by atomic mass is 9.78. The smallest absolute Gasteiger partial charge is 0.265 e. The van der Waals surface area contributed by atoms with Crippen molar-refractivity contribution in [3.8, 4) is 0 Å². The fourth-order valence-corrected chi connectivity index (χ4v) is 13.4. The number of ether oxygens (including phenoxy) is 14. The number of hydrogen-bond acceptors (Lipinski definition) is 18. The Hall–Kier alpha value is -0.300. The van der Waals surface area contributed by atoms with E-state index in [0.29, 0.717) is 126 Å². The van der Waals surface area contributed by atoms with Crippen LogP contribution in [0, 0.1) is 76.4 Å². The van der Waals surface area contributed by atoms with E-state index in [1.54, 1.807) is 0 Å². The van der Waals surface area contributed by atoms with E-state index < -0.39 is 46.7 Å². The highest BCUT2D eigenvalue weighted by molar-refractivity contribution is 6.76. The van der Waals surface area contributed by atoms with Crippen LogP contribution >= 0.6 is 34.8 Å². The molecule has 0 aromatic carbocycles. The van der Waals surface area contributed by atoms with Crippen LogP contribution in [-0.4, -0.2) is 190 Å². The second-order valence-corrected chi connectivity index (χ2v) is 28.3. The van der Waals surface area contributed by atoms with Gasteiger partial charge in [-0.1, -0.05) is 146 Å². The maximum Gasteiger partial charge on any atom is 0.265 e. The molecule has 20 unspecified atom stereocenters. The molecular formula is C66H122Cl3NO17. The molecule has 5 fully saturated rings. The number of hydrogen-bond donors (Lipinski definition) is 4. The Bertz CT molecular complexity index is 1660. The number of halogens is 3. The molecule has 0 spiro atoms. The van der Waals surface area contributed by atoms with Gasteiger partial charge in [0, 0.05) is 83.1 Å². The van der Waals surface area contributed by atoms with Gasteiger partial charge in [-0.3, -0.25) is 5.41 Å². The van der Waals surface area contributed by atoms with E-state index >= 15 is 0 Å². The van der Waals surface area contributed by atoms with Gasteiger partial charge in [-0.2, -0.15) is 0 Å². The molecule has 1 saturated carbocycles. The summed E-state index contributed by atoms with van der Waals surface area (Å²) in [6.07, 6.45) is 1.78. The van der Waals surface area contributed by atoms with Crippen molar-refractivity contribution in [2.45, 2.75) is 265 Å². The lowest BCUT2D eigenvalue weighted by molar-refractivity contribution is -0.286. The molecule has 4 N–H and O–H groups in total. The summed E-state index contributed by atoms with van der Waals surface area (Å²) in [7, 11) is 0. The lowest BCUT2D eigenvalue weighted by Crippen LogP contribution is -2.68. The molecule has 5 aliphatic rings. The zero-order valence-electron chi connectivity index (χ0n) is 56.3. The third-order valence-electron chi connectivity index (χ3n) is 20.5. The van der Waals surface area contributed by atoms with Crippen LogP contribution in [0.4, 0.5) is 0 Å². The molecule has 87 heavy (non-hydrogen) atoms. The molecule has 18 nitrogen and oxygen atoms in total. The minimum atomic E-state index is -1.84. The van der Waals surface area contributed by atoms with Crippen LogP contribution in [0.1, 0.15) is 175 Å². The van der Waals surface area contributed by atoms with Gasteiger partial charge >= 0.3 is 0 Å². The van der Waals surface area contributed by atoms with E-state index in [1.165, 1.54) is 0 Å². The van der Waals surface area contributed by atoms with Crippen LogP contribution in [0.2, 0.25) is 0 Å². The minimum Gasteiger partial charge on any atom is -0.448 e. The van der Waals surface area contributed by atoms with Crippen molar-refractivity contribution in [3.05, 3.63) is 0 Å². The van der Waals surface area contributed by atoms with E-state index in [0.717, 1.165) is 25.7 Å². The van der Waals surface area contributed by atoms with Crippen molar-refractivity contribution in [1.82, 2.24) is 0 Å². The van der Waals surface area contributed by atoms with Crippen LogP contribution in [0.15, 0.2) is 0 Å². The van der Waals surface area contributed by atoms with Crippen molar-refractivity contribution in [2.75, 3.05) is 79.3 Å². The van der Waals surface area contributed by atoms with Gasteiger partial charge in [0.1, 0.15) is 36.6 Å². The molecule has 0 aromatic heterocycles. The molecule has 4 heterocycles. The molecule has 1 aliphatic carbocycles. The van der Waals surface area contributed by atoms with Crippen LogP contribution < -0.4 is 0 Å². The fraction of sp³-hybridized carbons (Fsp3) is 0.985. The predicted octanol–water partition coefficient (Wildman–Crippen LogP) is 12.2. The van der Waals surface area contributed by atoms with Crippen LogP contribution in [0.3, 0.4) is 0 Å². The Morgan fingerprint density at radius 2 is 0.529 bits per heavy atom. The van der Waals surface area contributed by atoms with Crippen LogP contribution in [0.5, 0.6) is 0 Å². The molecule has 4 aliphatic heterocycles. The maximum atomic E-state index is 9.90. The Morgan fingerprint density at radius 3 is 0.747 bits per heavy atom. The molecule has 514 valence electrons. The first-order valence-corrected chi connectivity index (χ1v) is 34.9. The van der Waals surface area contributed by atoms with Gasteiger partial charge in [0.2, 0.25) is 12.2 Å². The summed E-state index contributed by atoms with van der Waals surface area (Å²) in [4.78, 5) is 0. The van der Waals surface area contributed by atoms with Crippen LogP contribution in [-0.2, 0) is 66.3 Å². The Labute approximate surface area is 540 Å². The molecule has 0 bridgehead atoms. The SMILES string of the molecule is CCC1OC(OC(=N)C(Cl)(Cl)Cl)C(C)C(C)C1C.CCC1OC(OCCCOC2C(OCCCO)C(OCCCOC3OC(CC)C(C)C(C)C3C)C(OCCCO)C(OCCCOC3OC(CC)C(C)C(C)C3C)C2OCCCO)C(C)C(C)C1C. The van der Waals surface area contributed by atoms with Crippen molar-refractivity contribution in [3.63, 3.8) is 0 Å². The summed E-state index contributed by atoms with van der Waals surface area (Å²) in [6.45, 7) is 38.1. The van der Waals surface area contributed by atoms with Gasteiger partial charge in [-0.15, -0.1) is 0 Å². The Morgan fingerprint density at radius 1 is 0.322 bits per heavy atom. The monoisotopic (exact) mass is 1310 g/mol. The summed E-state index contributed by atoms with van der Waals surface area (Å²) in [6, 6.07) is 0. The number of rotatable bonds is 35. The van der Waals surface area contributed by atoms with E-state index in [4.69, 9.17) is 107 Å². The average Bonchev–Trinajstić information content (AvgIpc) is 1.10. The zero-order valence-corrected chi connectivity index (χ0v) is 58.5. The predicted molar refractivity (Wildman–Crippen MR) is 340 cm³/mol. The molecule has 0 amide bonds. The molecule has 21 heteroatoms. The van der Waals surface area contributed by atoms with Gasteiger partial charge in [0.25, 0.3) is 3.79 Å². The molecule has 20 atom stereocenters. The Kier molecular flexibility index (Phi) is 37.1. The number of nitrogens with one attached hydrogen (secondary N) is 1. The third-order valence-corrected chi connectivity index (χ3v) is 21.0. The fourth-order valence-electron chi connectivity index (χ4n) is 13.2. The van der Waals surface area contributed by atoms with Gasteiger partial charge in [0.15, 0.2) is 18.9 Å². The standard InChI is InChI=1S/C54H102O15.C12H20Cl3NO2/c1-13-43-37(7)34(4)40(10)52(67-43)64-31-19-28-61-49-46(58-25-16-22-55)50(62-29-20-32-65-53-41(11)35(5)38(8)44(14-2)68-53)48(60-27-18-24-57)51(47(49)59-26-17-23-56)63-30-21-33-66-54-42(12)36(6)39(9)45(15-3)69-54;1-5-9-7(3)6(2)8(4)10(17-9)18-11(16)12(13,14)15/h34-57H,13-33H2,1-12H3;6-10,16H,5H2,1-4H3. The summed E-state index contributed by atoms with van der Waals surface area (Å²) in [5.41, 5.74) is 0. The average molecular weight is 1310 g/mol. The summed E-state index contributed by atoms with van der Waals surface area (Å²) in [5.74, 6) is 4.17. The van der Waals surface area contributed by atoms with E-state index in [9.17, 15) is 15.3 Å². The van der Waals surface area contributed by atoms with Gasteiger partial charge in [-0.25, -0.2) is 0 Å². The molecule has 4 saturated heterocycles. The highest BCUT2D eigenvalue weighted by Crippen LogP contribution is 2.42. The van der Waals surface area contributed by atoms with Crippen molar-refractivity contribution >= 4 is 40.7 Å². The number of aliphatic hydroxyl groups is 3. The van der Waals surface area contributed by atoms with Crippen molar-refractivity contribution in [2.24, 2.45) is 71.0 Å². The van der Waals surface area contributed by atoms with Gasteiger partial charge in [0.05, 0.1) is 44.2 Å². The maximum absolute atomic E-state index is 9.90. The molecule has 5 rings (SSSR count). The van der Waals surface area contributed by atoms with Crippen molar-refractivity contribution < 1.29 is 81.6 Å². The van der Waals surface area contributed by atoms with Crippen LogP contribution in [0.25, 0.3) is 0 Å². The molecule has 0 aromatic rings. The van der Waals surface area contributed by atoms with E-state index in [1.807, 2.05) is 6.92 Å². The first-order chi connectivity index (χ1) is 41.5. The Balaban J connectivity index is 0.000000767. The second kappa shape index (κ2) is 40.8. The normalized spacial score (nSPS) is 39.3. The zero-order chi connectivity index (χ0) is 64.5. The van der Waals surface area contributed by atoms with Gasteiger partial charge < -0.3 is 81.6 Å². The number of aliphatic hydroxyl groups excluding tert-OH is 3. The first kappa shape index (κ1) is 79.1. The highest BCUT2D eigenvalue weighted by Gasteiger charge is 2.55. The highest BCUT2D eigenvalue weighted by atomic mass is 35.6. The largest absolute Gasteiger partial charge is 0.448 e. The topological polar surface area (TPSA) is 214 Å². The second-order valence-electron chi connectivity index (χ2n) is 26.0. The first-order valence-electron chi connectivity index (χ1n) is 33.8. The van der Waals surface area contributed by atoms with E-state index in [2.05, 4.69) is 104 Å².